The molecule has 5 heteroatoms. The van der Waals surface area contributed by atoms with Crippen molar-refractivity contribution in [2.45, 2.75) is 36.8 Å². The van der Waals surface area contributed by atoms with E-state index in [2.05, 4.69) is 5.43 Å². The summed E-state index contributed by atoms with van der Waals surface area (Å²) < 4.78 is 0. The minimum absolute atomic E-state index is 0.140. The summed E-state index contributed by atoms with van der Waals surface area (Å²) in [6.07, 6.45) is 1.73. The Hall–Kier alpha value is -1.20. The van der Waals surface area contributed by atoms with Crippen molar-refractivity contribution in [3.8, 4) is 0 Å². The summed E-state index contributed by atoms with van der Waals surface area (Å²) in [6, 6.07) is 5.71. The van der Waals surface area contributed by atoms with E-state index in [0.717, 1.165) is 23.3 Å². The molecule has 0 spiro atoms. The van der Waals surface area contributed by atoms with Gasteiger partial charge in [0, 0.05) is 10.6 Å². The van der Waals surface area contributed by atoms with Gasteiger partial charge < -0.3 is 5.73 Å². The fourth-order valence-corrected chi connectivity index (χ4v) is 2.79. The van der Waals surface area contributed by atoms with E-state index >= 15 is 0 Å². The number of hydrogen-bond donors (Lipinski definition) is 3. The highest BCUT2D eigenvalue weighted by Crippen LogP contribution is 2.30. The van der Waals surface area contributed by atoms with Gasteiger partial charge >= 0.3 is 0 Å². The summed E-state index contributed by atoms with van der Waals surface area (Å²) in [7, 11) is 0. The van der Waals surface area contributed by atoms with Crippen molar-refractivity contribution in [2.75, 3.05) is 5.73 Å². The zero-order valence-corrected chi connectivity index (χ0v) is 11.0. The number of amides is 1. The molecule has 0 fully saturated rings. The highest BCUT2D eigenvalue weighted by atomic mass is 32.2. The van der Waals surface area contributed by atoms with Gasteiger partial charge in [0.15, 0.2) is 0 Å². The number of nitrogens with two attached hydrogens (primary N) is 2. The zero-order valence-electron chi connectivity index (χ0n) is 10.2. The monoisotopic (exact) mass is 253 g/mol. The molecule has 1 atom stereocenters. The van der Waals surface area contributed by atoms with Crippen LogP contribution in [0.15, 0.2) is 23.1 Å². The molecule has 0 aliphatic carbocycles. The summed E-state index contributed by atoms with van der Waals surface area (Å²) in [6.45, 7) is 4.05. The van der Waals surface area contributed by atoms with Crippen LogP contribution in [0.5, 0.6) is 0 Å². The van der Waals surface area contributed by atoms with Crippen LogP contribution in [-0.4, -0.2) is 11.2 Å². The van der Waals surface area contributed by atoms with E-state index < -0.39 is 0 Å². The van der Waals surface area contributed by atoms with E-state index in [4.69, 9.17) is 11.6 Å². The molecule has 0 bridgehead atoms. The van der Waals surface area contributed by atoms with Gasteiger partial charge in [-0.3, -0.25) is 10.2 Å². The molecule has 1 aromatic rings. The molecule has 0 radical (unpaired) electrons. The fraction of sp³-hybridized carbons (Fsp3) is 0.417. The molecule has 1 unspecified atom stereocenters. The average molecular weight is 253 g/mol. The maximum Gasteiger partial charge on any atom is 0.247 e. The van der Waals surface area contributed by atoms with Crippen molar-refractivity contribution in [3.63, 3.8) is 0 Å². The van der Waals surface area contributed by atoms with Gasteiger partial charge in [-0.25, -0.2) is 5.84 Å². The molecule has 0 saturated carbocycles. The Balaban J connectivity index is 2.85. The second-order valence-electron chi connectivity index (χ2n) is 3.93. The molecular weight excluding hydrogens is 234 g/mol. The third-order valence-electron chi connectivity index (χ3n) is 2.47. The second-order valence-corrected chi connectivity index (χ2v) is 5.17. The predicted molar refractivity (Wildman–Crippen MR) is 72.5 cm³/mol. The Bertz CT molecular complexity index is 395. The van der Waals surface area contributed by atoms with Crippen LogP contribution in [0.4, 0.5) is 5.69 Å². The first-order chi connectivity index (χ1) is 8.08. The molecule has 0 aromatic heterocycles. The van der Waals surface area contributed by atoms with Gasteiger partial charge in [-0.05, 0) is 31.0 Å². The molecule has 0 aliphatic rings. The van der Waals surface area contributed by atoms with Gasteiger partial charge in [0.05, 0.1) is 5.25 Å². The van der Waals surface area contributed by atoms with Gasteiger partial charge in [-0.2, -0.15) is 0 Å². The van der Waals surface area contributed by atoms with Crippen molar-refractivity contribution >= 4 is 23.4 Å². The van der Waals surface area contributed by atoms with Crippen molar-refractivity contribution in [3.05, 3.63) is 23.8 Å². The van der Waals surface area contributed by atoms with Gasteiger partial charge in [0.25, 0.3) is 0 Å². The van der Waals surface area contributed by atoms with E-state index in [0.29, 0.717) is 5.69 Å². The molecule has 0 saturated heterocycles. The number of benzene rings is 1. The fourth-order valence-electron chi connectivity index (χ4n) is 1.50. The Kier molecular flexibility index (Phi) is 5.31. The molecule has 1 amide bonds. The maximum atomic E-state index is 11.6. The lowest BCUT2D eigenvalue weighted by molar-refractivity contribution is -0.120. The van der Waals surface area contributed by atoms with Crippen molar-refractivity contribution in [1.29, 1.82) is 0 Å². The number of carbonyl (C=O) groups excluding carboxylic acids is 1. The third kappa shape index (κ3) is 3.94. The molecule has 0 aliphatic heterocycles. The third-order valence-corrected chi connectivity index (χ3v) is 3.90. The zero-order chi connectivity index (χ0) is 12.8. The Labute approximate surface area is 106 Å². The van der Waals surface area contributed by atoms with Crippen LogP contribution in [0.1, 0.15) is 25.3 Å². The number of nitrogen functional groups attached to an aromatic ring is 1. The van der Waals surface area contributed by atoms with Crippen LogP contribution in [-0.2, 0) is 4.79 Å². The highest BCUT2D eigenvalue weighted by molar-refractivity contribution is 8.00. The van der Waals surface area contributed by atoms with Crippen LogP contribution in [0.25, 0.3) is 0 Å². The first-order valence-electron chi connectivity index (χ1n) is 5.61. The molecular formula is C12H19N3OS. The van der Waals surface area contributed by atoms with Gasteiger partial charge in [0.2, 0.25) is 5.91 Å². The highest BCUT2D eigenvalue weighted by Gasteiger charge is 2.18. The van der Waals surface area contributed by atoms with E-state index in [1.807, 2.05) is 32.0 Å². The number of thioether (sulfide) groups is 1. The van der Waals surface area contributed by atoms with E-state index in [9.17, 15) is 4.79 Å². The summed E-state index contributed by atoms with van der Waals surface area (Å²) >= 11 is 1.51. The second kappa shape index (κ2) is 6.51. The SMILES string of the molecule is CCCC(Sc1cc(N)ccc1C)C(=O)NN. The molecule has 1 rings (SSSR count). The van der Waals surface area contributed by atoms with Crippen LogP contribution in [0.2, 0.25) is 0 Å². The Morgan fingerprint density at radius 3 is 2.82 bits per heavy atom. The number of carbonyl (C=O) groups is 1. The summed E-state index contributed by atoms with van der Waals surface area (Å²) in [5.41, 5.74) is 9.79. The predicted octanol–water partition coefficient (Wildman–Crippen LogP) is 1.83. The molecule has 0 heterocycles. The smallest absolute Gasteiger partial charge is 0.247 e. The van der Waals surface area contributed by atoms with E-state index in [1.54, 1.807) is 0 Å². The Morgan fingerprint density at radius 2 is 2.24 bits per heavy atom. The normalized spacial score (nSPS) is 12.2. The van der Waals surface area contributed by atoms with Crippen LogP contribution >= 0.6 is 11.8 Å². The topological polar surface area (TPSA) is 81.1 Å². The van der Waals surface area contributed by atoms with Crippen LogP contribution in [0, 0.1) is 6.92 Å². The standard InChI is InChI=1S/C12H19N3OS/c1-3-4-10(12(16)15-14)17-11-7-9(13)6-5-8(11)2/h5-7,10H,3-4,13-14H2,1-2H3,(H,15,16). The van der Waals surface area contributed by atoms with Crippen LogP contribution < -0.4 is 17.0 Å². The molecule has 17 heavy (non-hydrogen) atoms. The number of hydrogen-bond acceptors (Lipinski definition) is 4. The van der Waals surface area contributed by atoms with E-state index in [1.165, 1.54) is 11.8 Å². The van der Waals surface area contributed by atoms with Crippen molar-refractivity contribution in [1.82, 2.24) is 5.43 Å². The number of hydrazine groups is 1. The molecule has 4 nitrogen and oxygen atoms in total. The number of aryl methyl sites for hydroxylation is 1. The van der Waals surface area contributed by atoms with Gasteiger partial charge in [-0.15, -0.1) is 11.8 Å². The largest absolute Gasteiger partial charge is 0.399 e. The first-order valence-corrected chi connectivity index (χ1v) is 6.49. The minimum Gasteiger partial charge on any atom is -0.399 e. The van der Waals surface area contributed by atoms with Crippen molar-refractivity contribution in [2.24, 2.45) is 5.84 Å². The lowest BCUT2D eigenvalue weighted by Crippen LogP contribution is -2.37. The number of nitrogens with one attached hydrogen (secondary N) is 1. The van der Waals surface area contributed by atoms with Crippen LogP contribution in [0.3, 0.4) is 0 Å². The summed E-state index contributed by atoms with van der Waals surface area (Å²) in [5.74, 6) is 5.05. The maximum absolute atomic E-state index is 11.6. The minimum atomic E-state index is -0.162. The molecule has 1 aromatic carbocycles. The van der Waals surface area contributed by atoms with Crippen molar-refractivity contribution < 1.29 is 4.79 Å². The summed E-state index contributed by atoms with van der Waals surface area (Å²) in [4.78, 5) is 12.6. The molecule has 94 valence electrons. The Morgan fingerprint density at radius 1 is 1.53 bits per heavy atom. The summed E-state index contributed by atoms with van der Waals surface area (Å²) in [5, 5.41) is -0.162. The quantitative estimate of drug-likeness (QED) is 0.246. The lowest BCUT2D eigenvalue weighted by atomic mass is 10.2. The number of anilines is 1. The lowest BCUT2D eigenvalue weighted by Gasteiger charge is -2.15. The average Bonchev–Trinajstić information content (AvgIpc) is 2.32. The first kappa shape index (κ1) is 13.9. The van der Waals surface area contributed by atoms with Gasteiger partial charge in [0.1, 0.15) is 0 Å². The molecule has 5 N–H and O–H groups in total. The van der Waals surface area contributed by atoms with Gasteiger partial charge in [-0.1, -0.05) is 19.4 Å². The number of rotatable bonds is 5. The van der Waals surface area contributed by atoms with E-state index in [-0.39, 0.29) is 11.2 Å².